The molecular weight excluding hydrogens is 370 g/mol. The maximum absolute atomic E-state index is 12.1. The predicted octanol–water partition coefficient (Wildman–Crippen LogP) is 3.22. The summed E-state index contributed by atoms with van der Waals surface area (Å²) in [6, 6.07) is 16.5. The Morgan fingerprint density at radius 3 is 2.28 bits per heavy atom. The number of rotatable bonds is 7. The van der Waals surface area contributed by atoms with Crippen molar-refractivity contribution in [1.82, 2.24) is 4.68 Å². The van der Waals surface area contributed by atoms with Gasteiger partial charge in [0.15, 0.2) is 11.5 Å². The second-order valence-electron chi connectivity index (χ2n) is 6.38. The van der Waals surface area contributed by atoms with Gasteiger partial charge in [0.05, 0.1) is 20.4 Å². The van der Waals surface area contributed by atoms with Crippen molar-refractivity contribution in [1.29, 1.82) is 0 Å². The number of hydrogen-bond donors (Lipinski definition) is 1. The minimum Gasteiger partial charge on any atom is -0.493 e. The standard InChI is InChI=1S/C22H23N3O4/c1-15-9-20(23)25(21(26)10-15)24-13-17-11-18(27-2)22(19(12-17)28-3)29-14-16-7-5-4-6-8-16/h4-13H,14,23H2,1-3H3/b24-13-. The molecule has 7 nitrogen and oxygen atoms in total. The Morgan fingerprint density at radius 2 is 1.69 bits per heavy atom. The Morgan fingerprint density at radius 1 is 1.03 bits per heavy atom. The van der Waals surface area contributed by atoms with Crippen LogP contribution in [0.25, 0.3) is 0 Å². The lowest BCUT2D eigenvalue weighted by atomic mass is 10.2. The molecule has 0 radical (unpaired) electrons. The summed E-state index contributed by atoms with van der Waals surface area (Å²) < 4.78 is 18.0. The third-order valence-electron chi connectivity index (χ3n) is 4.21. The molecule has 3 rings (SSSR count). The molecule has 1 aromatic heterocycles. The fraction of sp³-hybridized carbons (Fsp3) is 0.182. The number of pyridine rings is 1. The van der Waals surface area contributed by atoms with Gasteiger partial charge in [0, 0.05) is 11.6 Å². The second kappa shape index (κ2) is 8.97. The zero-order valence-corrected chi connectivity index (χ0v) is 16.6. The van der Waals surface area contributed by atoms with Crippen molar-refractivity contribution in [2.45, 2.75) is 13.5 Å². The van der Waals surface area contributed by atoms with Crippen LogP contribution in [0.3, 0.4) is 0 Å². The molecule has 7 heteroatoms. The first-order valence-corrected chi connectivity index (χ1v) is 8.98. The van der Waals surface area contributed by atoms with Crippen LogP contribution >= 0.6 is 0 Å². The monoisotopic (exact) mass is 393 g/mol. The SMILES string of the molecule is COc1cc(/C=N\n2c(N)cc(C)cc2=O)cc(OC)c1OCc1ccccc1. The van der Waals surface area contributed by atoms with Gasteiger partial charge in [-0.25, -0.2) is 0 Å². The molecule has 0 aliphatic rings. The van der Waals surface area contributed by atoms with E-state index < -0.39 is 0 Å². The Balaban J connectivity index is 1.90. The Labute approximate surface area is 169 Å². The van der Waals surface area contributed by atoms with Gasteiger partial charge >= 0.3 is 0 Å². The van der Waals surface area contributed by atoms with Crippen LogP contribution in [0.4, 0.5) is 5.82 Å². The van der Waals surface area contributed by atoms with E-state index in [1.165, 1.54) is 12.3 Å². The molecule has 2 N–H and O–H groups in total. The van der Waals surface area contributed by atoms with Crippen LogP contribution in [0.2, 0.25) is 0 Å². The zero-order chi connectivity index (χ0) is 20.8. The maximum Gasteiger partial charge on any atom is 0.273 e. The number of aryl methyl sites for hydroxylation is 1. The molecule has 0 fully saturated rings. The lowest BCUT2D eigenvalue weighted by Crippen LogP contribution is -2.19. The van der Waals surface area contributed by atoms with Gasteiger partial charge in [-0.05, 0) is 36.2 Å². The summed E-state index contributed by atoms with van der Waals surface area (Å²) in [5.41, 5.74) is 8.06. The van der Waals surface area contributed by atoms with Crippen molar-refractivity contribution in [3.05, 3.63) is 81.6 Å². The Kier molecular flexibility index (Phi) is 6.19. The van der Waals surface area contributed by atoms with Crippen LogP contribution < -0.4 is 25.5 Å². The van der Waals surface area contributed by atoms with Crippen molar-refractivity contribution in [2.75, 3.05) is 20.0 Å². The number of nitrogens with zero attached hydrogens (tertiary/aromatic N) is 2. The van der Waals surface area contributed by atoms with E-state index in [1.807, 2.05) is 30.3 Å². The molecule has 0 aliphatic carbocycles. The van der Waals surface area contributed by atoms with Crippen molar-refractivity contribution in [2.24, 2.45) is 5.10 Å². The molecule has 0 amide bonds. The highest BCUT2D eigenvalue weighted by molar-refractivity contribution is 5.82. The number of nitrogen functional groups attached to an aromatic ring is 1. The average Bonchev–Trinajstić information content (AvgIpc) is 2.71. The maximum atomic E-state index is 12.1. The molecule has 2 aromatic carbocycles. The molecule has 0 saturated heterocycles. The fourth-order valence-corrected chi connectivity index (χ4v) is 2.81. The highest BCUT2D eigenvalue weighted by Gasteiger charge is 2.14. The molecule has 150 valence electrons. The van der Waals surface area contributed by atoms with Gasteiger partial charge in [-0.1, -0.05) is 30.3 Å². The number of hydrogen-bond acceptors (Lipinski definition) is 6. The van der Waals surface area contributed by atoms with Crippen LogP contribution in [-0.4, -0.2) is 25.1 Å². The number of aromatic nitrogens is 1. The minimum atomic E-state index is -0.305. The fourth-order valence-electron chi connectivity index (χ4n) is 2.81. The lowest BCUT2D eigenvalue weighted by Gasteiger charge is -2.15. The highest BCUT2D eigenvalue weighted by atomic mass is 16.5. The summed E-state index contributed by atoms with van der Waals surface area (Å²) in [5.74, 6) is 1.73. The van der Waals surface area contributed by atoms with Gasteiger partial charge in [0.2, 0.25) is 5.75 Å². The molecule has 0 saturated carbocycles. The molecule has 0 unspecified atom stereocenters. The molecule has 0 aliphatic heterocycles. The van der Waals surface area contributed by atoms with Crippen LogP contribution in [0, 0.1) is 6.92 Å². The normalized spacial score (nSPS) is 10.9. The van der Waals surface area contributed by atoms with Crippen LogP contribution in [-0.2, 0) is 6.61 Å². The van der Waals surface area contributed by atoms with E-state index in [-0.39, 0.29) is 11.4 Å². The molecule has 0 spiro atoms. The number of ether oxygens (including phenoxy) is 3. The van der Waals surface area contributed by atoms with Crippen molar-refractivity contribution in [3.63, 3.8) is 0 Å². The van der Waals surface area contributed by atoms with E-state index in [9.17, 15) is 4.79 Å². The lowest BCUT2D eigenvalue weighted by molar-refractivity contribution is 0.266. The smallest absolute Gasteiger partial charge is 0.273 e. The van der Waals surface area contributed by atoms with Gasteiger partial charge < -0.3 is 19.9 Å². The summed E-state index contributed by atoms with van der Waals surface area (Å²) >= 11 is 0. The van der Waals surface area contributed by atoms with Crippen molar-refractivity contribution < 1.29 is 14.2 Å². The van der Waals surface area contributed by atoms with E-state index >= 15 is 0 Å². The average molecular weight is 393 g/mol. The number of benzene rings is 2. The molecule has 1 heterocycles. The van der Waals surface area contributed by atoms with Gasteiger partial charge in [-0.3, -0.25) is 4.79 Å². The largest absolute Gasteiger partial charge is 0.493 e. The third-order valence-corrected chi connectivity index (χ3v) is 4.21. The zero-order valence-electron chi connectivity index (χ0n) is 16.6. The Bertz CT molecular complexity index is 1050. The Hall–Kier alpha value is -3.74. The van der Waals surface area contributed by atoms with Crippen molar-refractivity contribution in [3.8, 4) is 17.2 Å². The predicted molar refractivity (Wildman–Crippen MR) is 113 cm³/mol. The number of anilines is 1. The van der Waals surface area contributed by atoms with E-state index in [4.69, 9.17) is 19.9 Å². The van der Waals surface area contributed by atoms with E-state index in [0.717, 1.165) is 15.8 Å². The molecule has 3 aromatic rings. The van der Waals surface area contributed by atoms with Crippen LogP contribution in [0.1, 0.15) is 16.7 Å². The van der Waals surface area contributed by atoms with Crippen LogP contribution in [0.5, 0.6) is 17.2 Å². The summed E-state index contributed by atoms with van der Waals surface area (Å²) in [6.45, 7) is 2.17. The number of nitrogens with two attached hydrogens (primary N) is 1. The summed E-state index contributed by atoms with van der Waals surface area (Å²) in [6.07, 6.45) is 1.51. The number of methoxy groups -OCH3 is 2. The van der Waals surface area contributed by atoms with Gasteiger partial charge in [-0.15, -0.1) is 0 Å². The van der Waals surface area contributed by atoms with Crippen molar-refractivity contribution >= 4 is 12.0 Å². The quantitative estimate of drug-likeness (QED) is 0.623. The van der Waals surface area contributed by atoms with Gasteiger partial charge in [0.25, 0.3) is 5.56 Å². The van der Waals surface area contributed by atoms with Gasteiger partial charge in [0.1, 0.15) is 12.4 Å². The van der Waals surface area contributed by atoms with Crippen LogP contribution in [0.15, 0.2) is 64.5 Å². The summed E-state index contributed by atoms with van der Waals surface area (Å²) in [5, 5.41) is 4.19. The summed E-state index contributed by atoms with van der Waals surface area (Å²) in [4.78, 5) is 12.1. The molecule has 29 heavy (non-hydrogen) atoms. The molecule has 0 atom stereocenters. The third kappa shape index (κ3) is 4.76. The topological polar surface area (TPSA) is 88.1 Å². The first-order valence-electron chi connectivity index (χ1n) is 8.98. The first-order chi connectivity index (χ1) is 14.0. The van der Waals surface area contributed by atoms with E-state index in [0.29, 0.717) is 29.4 Å². The highest BCUT2D eigenvalue weighted by Crippen LogP contribution is 2.38. The summed E-state index contributed by atoms with van der Waals surface area (Å²) in [7, 11) is 3.10. The minimum absolute atomic E-state index is 0.257. The van der Waals surface area contributed by atoms with E-state index in [2.05, 4.69) is 5.10 Å². The van der Waals surface area contributed by atoms with E-state index in [1.54, 1.807) is 39.3 Å². The van der Waals surface area contributed by atoms with Gasteiger partial charge in [-0.2, -0.15) is 9.78 Å². The molecule has 0 bridgehead atoms. The second-order valence-corrected chi connectivity index (χ2v) is 6.38. The first kappa shape index (κ1) is 20.0. The molecular formula is C22H23N3O4.